The predicted molar refractivity (Wildman–Crippen MR) is 171 cm³/mol. The fourth-order valence-electron chi connectivity index (χ4n) is 6.51. The van der Waals surface area contributed by atoms with E-state index in [0.717, 1.165) is 53.8 Å². The molecule has 0 radical (unpaired) electrons. The minimum absolute atomic E-state index is 0.311. The van der Waals surface area contributed by atoms with E-state index >= 15 is 0 Å². The Morgan fingerprint density at radius 3 is 2.36 bits per heavy atom. The van der Waals surface area contributed by atoms with Crippen LogP contribution in [0.3, 0.4) is 0 Å². The molecule has 0 unspecified atom stereocenters. The lowest BCUT2D eigenvalue weighted by Crippen LogP contribution is -2.49. The highest BCUT2D eigenvalue weighted by molar-refractivity contribution is 6.41. The number of nitrogen functional groups attached to an aromatic ring is 1. The van der Waals surface area contributed by atoms with Crippen LogP contribution in [0.25, 0.3) is 33.1 Å². The molecule has 3 aromatic heterocycles. The molecule has 11 heteroatoms. The molecule has 5 aromatic rings. The second-order valence-corrected chi connectivity index (χ2v) is 12.1. The quantitative estimate of drug-likeness (QED) is 0.223. The Morgan fingerprint density at radius 1 is 0.857 bits per heavy atom. The first-order valence-electron chi connectivity index (χ1n) is 14.5. The van der Waals surface area contributed by atoms with Crippen LogP contribution in [0.15, 0.2) is 55.0 Å². The number of benzene rings is 2. The first-order chi connectivity index (χ1) is 20.4. The Kier molecular flexibility index (Phi) is 7.35. The lowest BCUT2D eigenvalue weighted by Gasteiger charge is -2.41. The fourth-order valence-corrected chi connectivity index (χ4v) is 7.10. The maximum atomic E-state index is 6.44. The van der Waals surface area contributed by atoms with Crippen LogP contribution < -0.4 is 11.1 Å². The van der Waals surface area contributed by atoms with Gasteiger partial charge in [0.2, 0.25) is 5.95 Å². The molecule has 1 saturated carbocycles. The molecule has 1 aliphatic heterocycles. The van der Waals surface area contributed by atoms with Crippen molar-refractivity contribution in [3.05, 3.63) is 65.2 Å². The van der Waals surface area contributed by atoms with Gasteiger partial charge in [-0.25, -0.2) is 19.9 Å². The second-order valence-electron chi connectivity index (χ2n) is 11.4. The van der Waals surface area contributed by atoms with Gasteiger partial charge in [-0.05, 0) is 62.6 Å². The number of likely N-dealkylation sites (N-methyl/N-ethyl adjacent to an activating group) is 1. The highest BCUT2D eigenvalue weighted by Crippen LogP contribution is 2.39. The molecule has 1 saturated heterocycles. The third-order valence-electron chi connectivity index (χ3n) is 8.83. The van der Waals surface area contributed by atoms with Crippen molar-refractivity contribution in [3.8, 4) is 11.1 Å². The van der Waals surface area contributed by atoms with Crippen molar-refractivity contribution in [2.45, 2.75) is 37.8 Å². The third-order valence-corrected chi connectivity index (χ3v) is 9.42. The Labute approximate surface area is 254 Å². The van der Waals surface area contributed by atoms with E-state index in [0.29, 0.717) is 44.9 Å². The zero-order valence-corrected chi connectivity index (χ0v) is 25.0. The summed E-state index contributed by atoms with van der Waals surface area (Å²) < 4.78 is 2.34. The van der Waals surface area contributed by atoms with Crippen molar-refractivity contribution in [1.29, 1.82) is 0 Å². The molecule has 0 amide bonds. The number of aromatic nitrogens is 5. The minimum Gasteiger partial charge on any atom is -0.383 e. The molecule has 1 aliphatic carbocycles. The van der Waals surface area contributed by atoms with Crippen LogP contribution in [-0.4, -0.2) is 73.6 Å². The summed E-state index contributed by atoms with van der Waals surface area (Å²) in [6.45, 7) is 4.67. The van der Waals surface area contributed by atoms with Gasteiger partial charge in [0.05, 0.1) is 21.3 Å². The normalized spacial score (nSPS) is 20.4. The summed E-state index contributed by atoms with van der Waals surface area (Å²) in [5, 5.41) is 5.65. The van der Waals surface area contributed by atoms with Gasteiger partial charge >= 0.3 is 0 Å². The van der Waals surface area contributed by atoms with Gasteiger partial charge in [-0.3, -0.25) is 4.90 Å². The number of piperazine rings is 1. The van der Waals surface area contributed by atoms with Gasteiger partial charge in [-0.1, -0.05) is 41.4 Å². The number of nitrogens with zero attached hydrogens (tertiary/aromatic N) is 7. The van der Waals surface area contributed by atoms with Gasteiger partial charge in [0.15, 0.2) is 0 Å². The SMILES string of the molecule is CN1CCN([C@H]2CC[C@H](n3cc(-c4ccc(Nc5nc(Cl)c6c(Cl)cccc6n5)cc4)c4c(N)ncnc43)CC2)CC1. The zero-order chi connectivity index (χ0) is 28.8. The van der Waals surface area contributed by atoms with E-state index in [9.17, 15) is 0 Å². The van der Waals surface area contributed by atoms with Crippen molar-refractivity contribution in [1.82, 2.24) is 34.3 Å². The molecule has 42 heavy (non-hydrogen) atoms. The highest BCUT2D eigenvalue weighted by Gasteiger charge is 2.30. The molecule has 2 aliphatic rings. The van der Waals surface area contributed by atoms with Crippen LogP contribution in [0.4, 0.5) is 17.5 Å². The van der Waals surface area contributed by atoms with E-state index in [1.54, 1.807) is 12.4 Å². The van der Waals surface area contributed by atoms with Gasteiger partial charge in [-0.15, -0.1) is 0 Å². The lowest BCUT2D eigenvalue weighted by molar-refractivity contribution is 0.0828. The summed E-state index contributed by atoms with van der Waals surface area (Å²) >= 11 is 12.7. The topological polar surface area (TPSA) is 101 Å². The van der Waals surface area contributed by atoms with Crippen molar-refractivity contribution >= 4 is 62.6 Å². The summed E-state index contributed by atoms with van der Waals surface area (Å²) in [5.74, 6) is 0.906. The van der Waals surface area contributed by atoms with Crippen molar-refractivity contribution in [3.63, 3.8) is 0 Å². The largest absolute Gasteiger partial charge is 0.383 e. The van der Waals surface area contributed by atoms with Crippen molar-refractivity contribution in [2.24, 2.45) is 0 Å². The summed E-state index contributed by atoms with van der Waals surface area (Å²) in [6.07, 6.45) is 8.46. The number of fused-ring (bicyclic) bond motifs is 2. The maximum Gasteiger partial charge on any atom is 0.229 e. The number of nitrogens with one attached hydrogen (secondary N) is 1. The van der Waals surface area contributed by atoms with E-state index in [4.69, 9.17) is 33.9 Å². The van der Waals surface area contributed by atoms with E-state index < -0.39 is 0 Å². The van der Waals surface area contributed by atoms with Crippen LogP contribution in [0.5, 0.6) is 0 Å². The number of hydrogen-bond acceptors (Lipinski definition) is 8. The molecule has 2 aromatic carbocycles. The van der Waals surface area contributed by atoms with E-state index in [-0.39, 0.29) is 0 Å². The molecule has 0 bridgehead atoms. The van der Waals surface area contributed by atoms with Crippen molar-refractivity contribution < 1.29 is 0 Å². The number of halogens is 2. The smallest absolute Gasteiger partial charge is 0.229 e. The maximum absolute atomic E-state index is 6.44. The van der Waals surface area contributed by atoms with Crippen molar-refractivity contribution in [2.75, 3.05) is 44.3 Å². The molecule has 0 atom stereocenters. The van der Waals surface area contributed by atoms with Crippen LogP contribution in [0, 0.1) is 0 Å². The number of anilines is 3. The summed E-state index contributed by atoms with van der Waals surface area (Å²) in [5.41, 5.74) is 11.0. The molecule has 0 spiro atoms. The van der Waals surface area contributed by atoms with Gasteiger partial charge < -0.3 is 20.5 Å². The Hall–Kier alpha value is -3.50. The van der Waals surface area contributed by atoms with Crippen LogP contribution in [0.2, 0.25) is 10.2 Å². The average molecular weight is 603 g/mol. The van der Waals surface area contributed by atoms with Crippen LogP contribution >= 0.6 is 23.2 Å². The standard InChI is InChI=1S/C31H33Cl2N9/c1-40-13-15-41(16-14-40)21-9-11-22(12-10-21)42-17-23(26-29(34)35-18-36-30(26)42)19-5-7-20(8-6-19)37-31-38-25-4-2-3-24(32)27(25)28(33)39-31/h2-8,17-18,21-22H,9-16H2,1H3,(H2,34,35,36)(H,37,38,39)/t21-,22-. The molecule has 4 heterocycles. The number of hydrogen-bond donors (Lipinski definition) is 2. The average Bonchev–Trinajstić information content (AvgIpc) is 3.39. The first kappa shape index (κ1) is 27.3. The van der Waals surface area contributed by atoms with E-state index in [1.165, 1.54) is 25.9 Å². The summed E-state index contributed by atoms with van der Waals surface area (Å²) in [4.78, 5) is 23.1. The first-order valence-corrected chi connectivity index (χ1v) is 15.2. The van der Waals surface area contributed by atoms with E-state index in [2.05, 4.69) is 60.0 Å². The van der Waals surface area contributed by atoms with Gasteiger partial charge in [-0.2, -0.15) is 0 Å². The fraction of sp³-hybridized carbons (Fsp3) is 0.355. The molecule has 216 valence electrons. The monoisotopic (exact) mass is 601 g/mol. The molecular weight excluding hydrogens is 569 g/mol. The second kappa shape index (κ2) is 11.3. The van der Waals surface area contributed by atoms with Gasteiger partial charge in [0.1, 0.15) is 22.9 Å². The summed E-state index contributed by atoms with van der Waals surface area (Å²) in [6, 6.07) is 14.7. The number of nitrogens with two attached hydrogens (primary N) is 1. The Bertz CT molecular complexity index is 1740. The van der Waals surface area contributed by atoms with Gasteiger partial charge in [0, 0.05) is 55.7 Å². The zero-order valence-electron chi connectivity index (χ0n) is 23.5. The Balaban J connectivity index is 1.13. The summed E-state index contributed by atoms with van der Waals surface area (Å²) in [7, 11) is 2.21. The molecule has 3 N–H and O–H groups in total. The number of rotatable bonds is 5. The van der Waals surface area contributed by atoms with Gasteiger partial charge in [0.25, 0.3) is 0 Å². The third kappa shape index (κ3) is 5.15. The molecule has 7 rings (SSSR count). The predicted octanol–water partition coefficient (Wildman–Crippen LogP) is 6.41. The molecular formula is C31H33Cl2N9. The Morgan fingerprint density at radius 2 is 1.60 bits per heavy atom. The highest BCUT2D eigenvalue weighted by atomic mass is 35.5. The van der Waals surface area contributed by atoms with Crippen LogP contribution in [-0.2, 0) is 0 Å². The molecule has 2 fully saturated rings. The van der Waals surface area contributed by atoms with E-state index in [1.807, 2.05) is 24.3 Å². The molecule has 9 nitrogen and oxygen atoms in total. The minimum atomic E-state index is 0.311. The lowest BCUT2D eigenvalue weighted by atomic mass is 9.89. The van der Waals surface area contributed by atoms with Crippen LogP contribution in [0.1, 0.15) is 31.7 Å².